The summed E-state index contributed by atoms with van der Waals surface area (Å²) in [6, 6.07) is 0. The summed E-state index contributed by atoms with van der Waals surface area (Å²) in [5.41, 5.74) is 2.42. The van der Waals surface area contributed by atoms with Crippen molar-refractivity contribution in [3.63, 3.8) is 0 Å². The fourth-order valence-corrected chi connectivity index (χ4v) is 4.19. The zero-order chi connectivity index (χ0) is 13.2. The standard InChI is InChI=1S/C14H19N3S2/c1-3-5-11-17-12(9-6-7-9)13(19-11)10-8-18-14(16-10)15-4-2/h8-9H,3-7H2,1-2H3,(H,15,16). The molecule has 1 fully saturated rings. The SMILES string of the molecule is CCCc1nc(C2CC2)c(-c2csc(NCC)n2)s1. The van der Waals surface area contributed by atoms with E-state index in [0.29, 0.717) is 5.92 Å². The molecule has 0 atom stereocenters. The number of aromatic nitrogens is 2. The van der Waals surface area contributed by atoms with Gasteiger partial charge in [-0.1, -0.05) is 6.92 Å². The third kappa shape index (κ3) is 2.82. The van der Waals surface area contributed by atoms with Crippen LogP contribution in [0, 0.1) is 0 Å². The van der Waals surface area contributed by atoms with E-state index < -0.39 is 0 Å². The van der Waals surface area contributed by atoms with E-state index in [1.165, 1.54) is 28.4 Å². The summed E-state index contributed by atoms with van der Waals surface area (Å²) in [5.74, 6) is 0.696. The molecule has 1 N–H and O–H groups in total. The second-order valence-corrected chi connectivity index (χ2v) is 6.86. The highest BCUT2D eigenvalue weighted by Crippen LogP contribution is 2.46. The van der Waals surface area contributed by atoms with E-state index >= 15 is 0 Å². The van der Waals surface area contributed by atoms with Crippen LogP contribution >= 0.6 is 22.7 Å². The summed E-state index contributed by atoms with van der Waals surface area (Å²) in [5, 5.41) is 7.74. The first kappa shape index (κ1) is 13.1. The molecular weight excluding hydrogens is 274 g/mol. The predicted molar refractivity (Wildman–Crippen MR) is 83.4 cm³/mol. The summed E-state index contributed by atoms with van der Waals surface area (Å²) < 4.78 is 0. The first-order valence-electron chi connectivity index (χ1n) is 7.01. The summed E-state index contributed by atoms with van der Waals surface area (Å²) in [6.07, 6.45) is 4.85. The van der Waals surface area contributed by atoms with Crippen LogP contribution in [0.1, 0.15) is 49.7 Å². The summed E-state index contributed by atoms with van der Waals surface area (Å²) in [6.45, 7) is 5.24. The number of anilines is 1. The average Bonchev–Trinajstić information content (AvgIpc) is 2.99. The molecule has 0 unspecified atom stereocenters. The maximum Gasteiger partial charge on any atom is 0.183 e. The first-order chi connectivity index (χ1) is 9.31. The Balaban J connectivity index is 1.92. The lowest BCUT2D eigenvalue weighted by Crippen LogP contribution is -1.95. The Kier molecular flexibility index (Phi) is 3.84. The minimum Gasteiger partial charge on any atom is -0.362 e. The molecule has 0 spiro atoms. The Morgan fingerprint density at radius 2 is 2.16 bits per heavy atom. The topological polar surface area (TPSA) is 37.8 Å². The molecule has 3 nitrogen and oxygen atoms in total. The Labute approximate surface area is 122 Å². The molecule has 2 aromatic heterocycles. The van der Waals surface area contributed by atoms with E-state index in [1.54, 1.807) is 11.3 Å². The molecule has 19 heavy (non-hydrogen) atoms. The van der Waals surface area contributed by atoms with Gasteiger partial charge in [-0.15, -0.1) is 22.7 Å². The fraction of sp³-hybridized carbons (Fsp3) is 0.571. The van der Waals surface area contributed by atoms with Crippen molar-refractivity contribution in [1.82, 2.24) is 9.97 Å². The highest BCUT2D eigenvalue weighted by atomic mass is 32.1. The molecule has 5 heteroatoms. The van der Waals surface area contributed by atoms with Gasteiger partial charge in [0.05, 0.1) is 21.3 Å². The van der Waals surface area contributed by atoms with Crippen molar-refractivity contribution < 1.29 is 0 Å². The molecule has 0 radical (unpaired) electrons. The molecular formula is C14H19N3S2. The van der Waals surface area contributed by atoms with Crippen LogP contribution in [0.3, 0.4) is 0 Å². The number of aryl methyl sites for hydroxylation is 1. The van der Waals surface area contributed by atoms with Crippen LogP contribution in [0.15, 0.2) is 5.38 Å². The normalized spacial score (nSPS) is 14.8. The second-order valence-electron chi connectivity index (χ2n) is 4.91. The highest BCUT2D eigenvalue weighted by Gasteiger charge is 2.30. The molecule has 1 aliphatic rings. The summed E-state index contributed by atoms with van der Waals surface area (Å²) in [7, 11) is 0. The number of rotatable bonds is 6. The lowest BCUT2D eigenvalue weighted by atomic mass is 10.2. The lowest BCUT2D eigenvalue weighted by Gasteiger charge is -1.96. The Hall–Kier alpha value is -0.940. The molecule has 0 saturated heterocycles. The molecule has 3 rings (SSSR count). The van der Waals surface area contributed by atoms with Crippen LogP contribution in [0.4, 0.5) is 5.13 Å². The average molecular weight is 293 g/mol. The molecule has 102 valence electrons. The van der Waals surface area contributed by atoms with Crippen LogP contribution in [-0.4, -0.2) is 16.5 Å². The van der Waals surface area contributed by atoms with Crippen molar-refractivity contribution in [2.45, 2.75) is 45.4 Å². The number of nitrogens with one attached hydrogen (secondary N) is 1. The molecule has 2 heterocycles. The van der Waals surface area contributed by atoms with Crippen molar-refractivity contribution >= 4 is 27.8 Å². The van der Waals surface area contributed by atoms with Gasteiger partial charge < -0.3 is 5.32 Å². The quantitative estimate of drug-likeness (QED) is 0.850. The third-order valence-electron chi connectivity index (χ3n) is 3.19. The minimum absolute atomic E-state index is 0.696. The van der Waals surface area contributed by atoms with Gasteiger partial charge in [0.2, 0.25) is 0 Å². The van der Waals surface area contributed by atoms with Gasteiger partial charge in [0.15, 0.2) is 5.13 Å². The Bertz CT molecular complexity index is 555. The van der Waals surface area contributed by atoms with E-state index in [2.05, 4.69) is 24.5 Å². The molecule has 0 aromatic carbocycles. The molecule has 1 saturated carbocycles. The molecule has 1 aliphatic carbocycles. The van der Waals surface area contributed by atoms with E-state index in [9.17, 15) is 0 Å². The maximum atomic E-state index is 4.86. The second kappa shape index (κ2) is 5.59. The van der Waals surface area contributed by atoms with Crippen LogP contribution in [0.2, 0.25) is 0 Å². The first-order valence-corrected chi connectivity index (χ1v) is 8.70. The largest absolute Gasteiger partial charge is 0.362 e. The van der Waals surface area contributed by atoms with E-state index in [1.807, 2.05) is 11.3 Å². The molecule has 0 aliphatic heterocycles. The zero-order valence-corrected chi connectivity index (χ0v) is 13.0. The summed E-state index contributed by atoms with van der Waals surface area (Å²) in [4.78, 5) is 10.9. The van der Waals surface area contributed by atoms with Crippen LogP contribution in [-0.2, 0) is 6.42 Å². The van der Waals surface area contributed by atoms with Gasteiger partial charge in [-0.3, -0.25) is 0 Å². The number of hydrogen-bond donors (Lipinski definition) is 1. The fourth-order valence-electron chi connectivity index (χ4n) is 2.13. The highest BCUT2D eigenvalue weighted by molar-refractivity contribution is 7.16. The molecule has 0 bridgehead atoms. The van der Waals surface area contributed by atoms with Gasteiger partial charge in [0.25, 0.3) is 0 Å². The van der Waals surface area contributed by atoms with E-state index in [-0.39, 0.29) is 0 Å². The monoisotopic (exact) mass is 293 g/mol. The Morgan fingerprint density at radius 1 is 1.32 bits per heavy atom. The van der Waals surface area contributed by atoms with Gasteiger partial charge >= 0.3 is 0 Å². The zero-order valence-electron chi connectivity index (χ0n) is 11.4. The predicted octanol–water partition coefficient (Wildman–Crippen LogP) is 4.53. The van der Waals surface area contributed by atoms with Crippen LogP contribution < -0.4 is 5.32 Å². The van der Waals surface area contributed by atoms with Crippen molar-refractivity contribution in [3.05, 3.63) is 16.1 Å². The van der Waals surface area contributed by atoms with Gasteiger partial charge in [-0.05, 0) is 32.6 Å². The van der Waals surface area contributed by atoms with Crippen molar-refractivity contribution in [3.8, 4) is 10.6 Å². The molecule has 0 amide bonds. The van der Waals surface area contributed by atoms with Crippen LogP contribution in [0.5, 0.6) is 0 Å². The van der Waals surface area contributed by atoms with E-state index in [4.69, 9.17) is 9.97 Å². The van der Waals surface area contributed by atoms with Crippen LogP contribution in [0.25, 0.3) is 10.6 Å². The third-order valence-corrected chi connectivity index (χ3v) is 5.14. The van der Waals surface area contributed by atoms with Crippen molar-refractivity contribution in [1.29, 1.82) is 0 Å². The van der Waals surface area contributed by atoms with Crippen molar-refractivity contribution in [2.75, 3.05) is 11.9 Å². The van der Waals surface area contributed by atoms with Crippen molar-refractivity contribution in [2.24, 2.45) is 0 Å². The summed E-state index contributed by atoms with van der Waals surface area (Å²) >= 11 is 3.53. The Morgan fingerprint density at radius 3 is 2.84 bits per heavy atom. The minimum atomic E-state index is 0.696. The smallest absolute Gasteiger partial charge is 0.183 e. The number of nitrogens with zero attached hydrogens (tertiary/aromatic N) is 2. The van der Waals surface area contributed by atoms with E-state index in [0.717, 1.165) is 30.2 Å². The van der Waals surface area contributed by atoms with Gasteiger partial charge in [0, 0.05) is 17.8 Å². The van der Waals surface area contributed by atoms with Gasteiger partial charge in [-0.25, -0.2) is 9.97 Å². The lowest BCUT2D eigenvalue weighted by molar-refractivity contribution is 0.892. The molecule has 2 aromatic rings. The number of thiazole rings is 2. The maximum absolute atomic E-state index is 4.86. The van der Waals surface area contributed by atoms with Gasteiger partial charge in [0.1, 0.15) is 0 Å². The number of hydrogen-bond acceptors (Lipinski definition) is 5. The van der Waals surface area contributed by atoms with Gasteiger partial charge in [-0.2, -0.15) is 0 Å².